The minimum absolute atomic E-state index is 0.0684. The maximum atomic E-state index is 12.8. The first-order chi connectivity index (χ1) is 9.81. The van der Waals surface area contributed by atoms with Crippen molar-refractivity contribution in [3.8, 4) is 5.75 Å². The van der Waals surface area contributed by atoms with Gasteiger partial charge in [-0.05, 0) is 17.7 Å². The summed E-state index contributed by atoms with van der Waals surface area (Å²) in [6, 6.07) is 16.8. The summed E-state index contributed by atoms with van der Waals surface area (Å²) in [4.78, 5) is 12.8. The Kier molecular flexibility index (Phi) is 3.25. The molecular weight excluding hydrogens is 252 g/mol. The zero-order chi connectivity index (χ0) is 13.9. The highest BCUT2D eigenvalue weighted by Crippen LogP contribution is 2.31. The lowest BCUT2D eigenvalue weighted by Gasteiger charge is -2.10. The molecule has 100 valence electrons. The summed E-state index contributed by atoms with van der Waals surface area (Å²) in [5, 5.41) is 0. The fourth-order valence-electron chi connectivity index (χ4n) is 2.31. The molecule has 1 aliphatic heterocycles. The van der Waals surface area contributed by atoms with Crippen LogP contribution in [0.5, 0.6) is 5.75 Å². The Morgan fingerprint density at radius 3 is 2.45 bits per heavy atom. The van der Waals surface area contributed by atoms with Crippen LogP contribution in [0.2, 0.25) is 0 Å². The Morgan fingerprint density at radius 1 is 1.00 bits per heavy atom. The van der Waals surface area contributed by atoms with Crippen molar-refractivity contribution >= 4 is 11.4 Å². The Morgan fingerprint density at radius 2 is 1.70 bits per heavy atom. The van der Waals surface area contributed by atoms with Gasteiger partial charge < -0.3 is 9.47 Å². The second-order valence-corrected chi connectivity index (χ2v) is 4.48. The number of carbonyl (C=O) groups is 1. The van der Waals surface area contributed by atoms with E-state index in [9.17, 15) is 4.79 Å². The van der Waals surface area contributed by atoms with Gasteiger partial charge in [-0.25, -0.2) is 0 Å². The van der Waals surface area contributed by atoms with Gasteiger partial charge in [0.2, 0.25) is 5.78 Å². The van der Waals surface area contributed by atoms with Gasteiger partial charge in [0.15, 0.2) is 0 Å². The number of Topliss-reactive ketones (excluding diaryl/α,β-unsaturated/α-hetero) is 1. The van der Waals surface area contributed by atoms with E-state index in [2.05, 4.69) is 0 Å². The smallest absolute Gasteiger partial charge is 0.200 e. The number of hydrogen-bond donors (Lipinski definition) is 0. The molecule has 0 atom stereocenters. The Balaban J connectivity index is 2.18. The standard InChI is InChI=1S/C17H14O3/c1-19-15-11-20-14-10-6-5-9-13(14)17(18)16(15)12-7-3-2-4-8-12/h2-10H,11H2,1H3. The molecule has 3 heteroatoms. The predicted molar refractivity (Wildman–Crippen MR) is 76.6 cm³/mol. The number of methoxy groups -OCH3 is 1. The summed E-state index contributed by atoms with van der Waals surface area (Å²) in [5.74, 6) is 1.08. The van der Waals surface area contributed by atoms with E-state index in [0.29, 0.717) is 22.6 Å². The normalized spacial score (nSPS) is 14.3. The molecule has 20 heavy (non-hydrogen) atoms. The third-order valence-corrected chi connectivity index (χ3v) is 3.31. The van der Waals surface area contributed by atoms with Gasteiger partial charge in [0, 0.05) is 0 Å². The second kappa shape index (κ2) is 5.21. The average molecular weight is 266 g/mol. The summed E-state index contributed by atoms with van der Waals surface area (Å²) in [5.41, 5.74) is 1.98. The minimum Gasteiger partial charge on any atom is -0.497 e. The molecule has 2 aromatic rings. The van der Waals surface area contributed by atoms with E-state index >= 15 is 0 Å². The molecule has 0 saturated heterocycles. The van der Waals surface area contributed by atoms with Gasteiger partial charge in [0.25, 0.3) is 0 Å². The van der Waals surface area contributed by atoms with Crippen LogP contribution in [-0.4, -0.2) is 19.5 Å². The number of allylic oxidation sites excluding steroid dienone is 1. The zero-order valence-corrected chi connectivity index (χ0v) is 11.1. The van der Waals surface area contributed by atoms with Crippen molar-refractivity contribution in [3.05, 3.63) is 71.5 Å². The van der Waals surface area contributed by atoms with Crippen LogP contribution in [0.1, 0.15) is 15.9 Å². The van der Waals surface area contributed by atoms with Gasteiger partial charge in [0.05, 0.1) is 18.2 Å². The number of para-hydroxylation sites is 1. The van der Waals surface area contributed by atoms with Gasteiger partial charge in [-0.2, -0.15) is 0 Å². The molecule has 0 fully saturated rings. The molecule has 0 N–H and O–H groups in total. The lowest BCUT2D eigenvalue weighted by molar-refractivity contribution is 0.105. The van der Waals surface area contributed by atoms with Crippen molar-refractivity contribution in [1.82, 2.24) is 0 Å². The zero-order valence-electron chi connectivity index (χ0n) is 11.1. The third-order valence-electron chi connectivity index (χ3n) is 3.31. The molecule has 1 aliphatic rings. The van der Waals surface area contributed by atoms with Crippen LogP contribution in [0, 0.1) is 0 Å². The summed E-state index contributed by atoms with van der Waals surface area (Å²) in [6.07, 6.45) is 0. The van der Waals surface area contributed by atoms with E-state index in [4.69, 9.17) is 9.47 Å². The van der Waals surface area contributed by atoms with E-state index in [1.54, 1.807) is 19.2 Å². The quantitative estimate of drug-likeness (QED) is 0.836. The number of ketones is 1. The third kappa shape index (κ3) is 2.07. The maximum Gasteiger partial charge on any atom is 0.200 e. The lowest BCUT2D eigenvalue weighted by atomic mass is 9.96. The average Bonchev–Trinajstić information content (AvgIpc) is 2.65. The van der Waals surface area contributed by atoms with Crippen LogP contribution in [0.4, 0.5) is 0 Å². The Hall–Kier alpha value is -2.55. The van der Waals surface area contributed by atoms with Crippen molar-refractivity contribution in [2.45, 2.75) is 0 Å². The van der Waals surface area contributed by atoms with Crippen molar-refractivity contribution in [1.29, 1.82) is 0 Å². The summed E-state index contributed by atoms with van der Waals surface area (Å²) in [6.45, 7) is 0.253. The molecule has 3 rings (SSSR count). The number of hydrogen-bond acceptors (Lipinski definition) is 3. The van der Waals surface area contributed by atoms with Crippen LogP contribution in [0.25, 0.3) is 5.57 Å². The molecule has 0 saturated carbocycles. The monoisotopic (exact) mass is 266 g/mol. The first-order valence-electron chi connectivity index (χ1n) is 6.40. The van der Waals surface area contributed by atoms with Gasteiger partial charge in [-0.1, -0.05) is 42.5 Å². The van der Waals surface area contributed by atoms with E-state index in [1.165, 1.54) is 0 Å². The Bertz CT molecular complexity index is 672. The minimum atomic E-state index is -0.0684. The fourth-order valence-corrected chi connectivity index (χ4v) is 2.31. The van der Waals surface area contributed by atoms with Crippen LogP contribution in [-0.2, 0) is 4.74 Å². The molecule has 0 bridgehead atoms. The molecule has 0 unspecified atom stereocenters. The van der Waals surface area contributed by atoms with Crippen molar-refractivity contribution in [3.63, 3.8) is 0 Å². The highest BCUT2D eigenvalue weighted by Gasteiger charge is 2.26. The van der Waals surface area contributed by atoms with Crippen LogP contribution >= 0.6 is 0 Å². The van der Waals surface area contributed by atoms with E-state index in [0.717, 1.165) is 5.56 Å². The molecule has 1 heterocycles. The number of benzene rings is 2. The van der Waals surface area contributed by atoms with Crippen LogP contribution in [0.15, 0.2) is 60.4 Å². The fraction of sp³-hybridized carbons (Fsp3) is 0.118. The molecule has 0 radical (unpaired) electrons. The number of carbonyl (C=O) groups excluding carboxylic acids is 1. The second-order valence-electron chi connectivity index (χ2n) is 4.48. The van der Waals surface area contributed by atoms with Crippen molar-refractivity contribution < 1.29 is 14.3 Å². The number of rotatable bonds is 2. The Labute approximate surface area is 117 Å². The SMILES string of the molecule is COC1=C(c2ccccc2)C(=O)c2ccccc2OC1. The molecule has 0 aromatic heterocycles. The summed E-state index contributed by atoms with van der Waals surface area (Å²) in [7, 11) is 1.56. The summed E-state index contributed by atoms with van der Waals surface area (Å²) >= 11 is 0. The molecule has 2 aromatic carbocycles. The van der Waals surface area contributed by atoms with E-state index in [1.807, 2.05) is 42.5 Å². The highest BCUT2D eigenvalue weighted by molar-refractivity contribution is 6.30. The molecule has 0 amide bonds. The first-order valence-corrected chi connectivity index (χ1v) is 6.40. The highest BCUT2D eigenvalue weighted by atomic mass is 16.5. The molecular formula is C17H14O3. The molecule has 0 aliphatic carbocycles. The van der Waals surface area contributed by atoms with E-state index in [-0.39, 0.29) is 12.4 Å². The topological polar surface area (TPSA) is 35.5 Å². The van der Waals surface area contributed by atoms with Gasteiger partial charge in [-0.15, -0.1) is 0 Å². The largest absolute Gasteiger partial charge is 0.497 e. The predicted octanol–water partition coefficient (Wildman–Crippen LogP) is 3.32. The molecule has 0 spiro atoms. The molecule has 3 nitrogen and oxygen atoms in total. The number of fused-ring (bicyclic) bond motifs is 1. The van der Waals surface area contributed by atoms with Crippen molar-refractivity contribution in [2.75, 3.05) is 13.7 Å². The van der Waals surface area contributed by atoms with Crippen molar-refractivity contribution in [2.24, 2.45) is 0 Å². The van der Waals surface area contributed by atoms with Gasteiger partial charge in [0.1, 0.15) is 18.1 Å². The van der Waals surface area contributed by atoms with Gasteiger partial charge >= 0.3 is 0 Å². The lowest BCUT2D eigenvalue weighted by Crippen LogP contribution is -2.07. The van der Waals surface area contributed by atoms with E-state index < -0.39 is 0 Å². The maximum absolute atomic E-state index is 12.8. The van der Waals surface area contributed by atoms with Crippen LogP contribution < -0.4 is 4.74 Å². The summed E-state index contributed by atoms with van der Waals surface area (Å²) < 4.78 is 11.0. The van der Waals surface area contributed by atoms with Crippen LogP contribution in [0.3, 0.4) is 0 Å². The number of ether oxygens (including phenoxy) is 2. The first kappa shape index (κ1) is 12.5. The van der Waals surface area contributed by atoms with Gasteiger partial charge in [-0.3, -0.25) is 4.79 Å².